The number of nitrogens with zero attached hydrogens (tertiary/aromatic N) is 4. The number of ether oxygens (including phenoxy) is 2. The molecule has 5 unspecified atom stereocenters. The van der Waals surface area contributed by atoms with E-state index in [1.807, 2.05) is 22.9 Å². The Hall–Kier alpha value is -6.52. The summed E-state index contributed by atoms with van der Waals surface area (Å²) in [4.78, 5) is 70.9. The predicted molar refractivity (Wildman–Crippen MR) is 226 cm³/mol. The number of aliphatic hydroxyl groups excluding tert-OH is 1. The molecule has 0 spiro atoms. The van der Waals surface area contributed by atoms with Crippen molar-refractivity contribution in [3.8, 4) is 33.6 Å². The molecule has 16 heteroatoms. The summed E-state index contributed by atoms with van der Waals surface area (Å²) in [7, 11) is 2.49. The number of aromatic nitrogens is 4. The number of aromatic amines is 2. The number of alkyl carbamates (subject to hydrolysis) is 2. The van der Waals surface area contributed by atoms with Crippen LogP contribution in [0, 0.1) is 0 Å². The number of aliphatic hydroxyl groups is 1. The Kier molecular flexibility index (Phi) is 11.7. The van der Waals surface area contributed by atoms with Gasteiger partial charge in [0.2, 0.25) is 5.91 Å². The van der Waals surface area contributed by atoms with Gasteiger partial charge in [0.05, 0.1) is 56.2 Å². The van der Waals surface area contributed by atoms with E-state index >= 15 is 0 Å². The van der Waals surface area contributed by atoms with Crippen LogP contribution in [0.2, 0.25) is 0 Å². The maximum absolute atomic E-state index is 13.8. The van der Waals surface area contributed by atoms with Gasteiger partial charge in [-0.05, 0) is 94.6 Å². The number of hydrogen-bond acceptors (Lipinski definition) is 10. The molecule has 0 saturated carbocycles. The number of likely N-dealkylation sites (tertiary alicyclic amines) is 2. The van der Waals surface area contributed by atoms with Crippen LogP contribution in [0.4, 0.5) is 9.59 Å². The van der Waals surface area contributed by atoms with Gasteiger partial charge < -0.3 is 45.0 Å². The van der Waals surface area contributed by atoms with Gasteiger partial charge in [-0.1, -0.05) is 48.5 Å². The first-order valence-electron chi connectivity index (χ1n) is 19.9. The minimum absolute atomic E-state index is 0.201. The van der Waals surface area contributed by atoms with Crippen molar-refractivity contribution in [1.82, 2.24) is 40.4 Å². The fraction of sp³-hybridized carbons (Fsp3) is 0.318. The first-order chi connectivity index (χ1) is 29.1. The van der Waals surface area contributed by atoms with E-state index in [4.69, 9.17) is 9.72 Å². The average Bonchev–Trinajstić information content (AvgIpc) is 4.13. The van der Waals surface area contributed by atoms with E-state index in [1.165, 1.54) is 32.5 Å². The maximum Gasteiger partial charge on any atom is 0.407 e. The Labute approximate surface area is 350 Å². The Morgan fingerprint density at radius 1 is 0.733 bits per heavy atom. The van der Waals surface area contributed by atoms with Gasteiger partial charge in [-0.25, -0.2) is 19.6 Å². The van der Waals surface area contributed by atoms with Crippen molar-refractivity contribution in [1.29, 1.82) is 0 Å². The van der Waals surface area contributed by atoms with Crippen molar-refractivity contribution < 1.29 is 33.8 Å². The Morgan fingerprint density at radius 2 is 1.27 bits per heavy atom. The van der Waals surface area contributed by atoms with Crippen molar-refractivity contribution in [2.45, 2.75) is 62.9 Å². The summed E-state index contributed by atoms with van der Waals surface area (Å²) in [5, 5.41) is 21.3. The highest BCUT2D eigenvalue weighted by Gasteiger charge is 2.39. The van der Waals surface area contributed by atoms with Crippen molar-refractivity contribution in [3.05, 3.63) is 107 Å². The number of thiophene rings is 1. The van der Waals surface area contributed by atoms with Crippen LogP contribution in [0.15, 0.2) is 89.9 Å². The fourth-order valence-electron chi connectivity index (χ4n) is 8.19. The minimum atomic E-state index is -1.13. The van der Waals surface area contributed by atoms with Gasteiger partial charge in [0.15, 0.2) is 0 Å². The number of fused-ring (bicyclic) bond motifs is 1. The molecule has 2 aliphatic heterocycles. The van der Waals surface area contributed by atoms with Gasteiger partial charge in [0.1, 0.15) is 23.7 Å². The molecule has 2 aliphatic rings. The minimum Gasteiger partial charge on any atom is -0.453 e. The molecule has 0 aliphatic carbocycles. The Balaban J connectivity index is 0.941. The topological polar surface area (TPSA) is 195 Å². The van der Waals surface area contributed by atoms with Gasteiger partial charge in [0, 0.05) is 18.7 Å². The molecule has 5 heterocycles. The number of benzene rings is 3. The zero-order chi connectivity index (χ0) is 41.9. The molecule has 0 radical (unpaired) electrons. The summed E-state index contributed by atoms with van der Waals surface area (Å²) in [6.45, 7) is 2.50. The number of amides is 4. The number of carbonyl (C=O) groups is 4. The molecule has 0 bridgehead atoms. The van der Waals surface area contributed by atoms with E-state index in [0.717, 1.165) is 63.7 Å². The second kappa shape index (κ2) is 17.4. The van der Waals surface area contributed by atoms with Crippen molar-refractivity contribution >= 4 is 46.1 Å². The summed E-state index contributed by atoms with van der Waals surface area (Å²) >= 11 is 1.46. The number of nitrogens with one attached hydrogen (secondary N) is 4. The van der Waals surface area contributed by atoms with E-state index in [0.29, 0.717) is 36.7 Å². The highest BCUT2D eigenvalue weighted by atomic mass is 32.1. The standard InChI is InChI=1S/C44H46N8O7S/c1-25(53)37(49-43(56)58-2)41(54)51-17-4-6-35(51)40-46-23-34(48-40)31-15-14-29-20-28(12-13-30(29)21-31)26-8-10-27(11-9-26)33-22-45-39(47-33)36-7-5-18-52(36)42(55)38(50-44(57)59-3)32-16-19-60-24-32/h8-16,19-25,35-38,53H,4-7,17-18H2,1-3H3,(H,45,47)(H,46,48)(H,49,56)(H,50,57). The van der Waals surface area contributed by atoms with Crippen molar-refractivity contribution in [2.24, 2.45) is 0 Å². The highest BCUT2D eigenvalue weighted by molar-refractivity contribution is 7.08. The smallest absolute Gasteiger partial charge is 0.407 e. The van der Waals surface area contributed by atoms with Crippen molar-refractivity contribution in [2.75, 3.05) is 27.3 Å². The second-order valence-electron chi connectivity index (χ2n) is 15.1. The normalized spacial score (nSPS) is 17.9. The molecule has 310 valence electrons. The zero-order valence-corrected chi connectivity index (χ0v) is 34.2. The fourth-order valence-corrected chi connectivity index (χ4v) is 8.88. The molecule has 15 nitrogen and oxygen atoms in total. The quantitative estimate of drug-likeness (QED) is 0.0926. The number of imidazole rings is 2. The number of methoxy groups -OCH3 is 2. The lowest BCUT2D eigenvalue weighted by molar-refractivity contribution is -0.137. The van der Waals surface area contributed by atoms with Gasteiger partial charge in [0.25, 0.3) is 5.91 Å². The largest absolute Gasteiger partial charge is 0.453 e. The van der Waals surface area contributed by atoms with E-state index in [1.54, 1.807) is 22.2 Å². The third-order valence-corrected chi connectivity index (χ3v) is 12.1. The summed E-state index contributed by atoms with van der Waals surface area (Å²) in [5.41, 5.74) is 6.42. The molecule has 60 heavy (non-hydrogen) atoms. The lowest BCUT2D eigenvalue weighted by atomic mass is 9.98. The van der Waals surface area contributed by atoms with Gasteiger partial charge in [-0.2, -0.15) is 11.3 Å². The first-order valence-corrected chi connectivity index (χ1v) is 20.8. The van der Waals surface area contributed by atoms with Gasteiger partial charge in [-0.15, -0.1) is 0 Å². The molecule has 3 aromatic heterocycles. The number of hydrogen-bond donors (Lipinski definition) is 5. The molecule has 5 N–H and O–H groups in total. The third kappa shape index (κ3) is 8.20. The van der Waals surface area contributed by atoms with E-state index in [-0.39, 0.29) is 23.9 Å². The van der Waals surface area contributed by atoms with Crippen LogP contribution in [-0.4, -0.2) is 98.3 Å². The number of H-pyrrole nitrogens is 2. The monoisotopic (exact) mass is 830 g/mol. The van der Waals surface area contributed by atoms with Crippen LogP contribution in [0.1, 0.15) is 67.9 Å². The number of carbonyl (C=O) groups excluding carboxylic acids is 4. The van der Waals surface area contributed by atoms with E-state index in [9.17, 15) is 24.3 Å². The van der Waals surface area contributed by atoms with Crippen LogP contribution in [0.25, 0.3) is 44.4 Å². The van der Waals surface area contributed by atoms with Gasteiger partial charge in [-0.3, -0.25) is 9.59 Å². The third-order valence-electron chi connectivity index (χ3n) is 11.4. The lowest BCUT2D eigenvalue weighted by Gasteiger charge is -2.29. The van der Waals surface area contributed by atoms with Crippen LogP contribution in [-0.2, 0) is 19.1 Å². The first kappa shape index (κ1) is 40.3. The molecule has 3 aromatic carbocycles. The Bertz CT molecular complexity index is 2500. The average molecular weight is 831 g/mol. The summed E-state index contributed by atoms with van der Waals surface area (Å²) in [6.07, 6.45) is 4.05. The second-order valence-corrected chi connectivity index (χ2v) is 15.9. The molecule has 8 rings (SSSR count). The Morgan fingerprint density at radius 3 is 1.85 bits per heavy atom. The summed E-state index contributed by atoms with van der Waals surface area (Å²) < 4.78 is 9.47. The lowest BCUT2D eigenvalue weighted by Crippen LogP contribution is -2.53. The van der Waals surface area contributed by atoms with Crippen LogP contribution < -0.4 is 10.6 Å². The summed E-state index contributed by atoms with van der Waals surface area (Å²) in [5.74, 6) is 0.758. The molecular formula is C44H46N8O7S. The summed E-state index contributed by atoms with van der Waals surface area (Å²) in [6, 6.07) is 20.1. The van der Waals surface area contributed by atoms with E-state index < -0.39 is 30.4 Å². The van der Waals surface area contributed by atoms with Crippen LogP contribution in [0.3, 0.4) is 0 Å². The SMILES string of the molecule is COC(=O)NC(C(=O)N1CCCC1c1ncc(-c2ccc(-c3ccc4cc(-c5cnc(C6CCCN6C(=O)C(NC(=O)OC)C(C)O)[nH]5)ccc4c3)cc2)[nH]1)c1ccsc1. The van der Waals surface area contributed by atoms with Crippen LogP contribution >= 0.6 is 11.3 Å². The predicted octanol–water partition coefficient (Wildman–Crippen LogP) is 6.88. The molecule has 2 saturated heterocycles. The van der Waals surface area contributed by atoms with Crippen molar-refractivity contribution in [3.63, 3.8) is 0 Å². The van der Waals surface area contributed by atoms with E-state index in [2.05, 4.69) is 84.9 Å². The molecule has 6 aromatic rings. The molecule has 4 amide bonds. The molecule has 2 fully saturated rings. The zero-order valence-electron chi connectivity index (χ0n) is 33.4. The highest BCUT2D eigenvalue weighted by Crippen LogP contribution is 2.36. The van der Waals surface area contributed by atoms with Gasteiger partial charge >= 0.3 is 12.2 Å². The molecule has 5 atom stereocenters. The van der Waals surface area contributed by atoms with Crippen LogP contribution in [0.5, 0.6) is 0 Å². The maximum atomic E-state index is 13.8. The molecular weight excluding hydrogens is 785 g/mol. The number of rotatable bonds is 11.